The third kappa shape index (κ3) is 7.01. The number of benzene rings is 2. The number of carbonyl (C=O) groups is 4. The van der Waals surface area contributed by atoms with Crippen molar-refractivity contribution in [1.29, 1.82) is 0 Å². The van der Waals surface area contributed by atoms with Crippen LogP contribution in [0.3, 0.4) is 0 Å². The van der Waals surface area contributed by atoms with E-state index in [9.17, 15) is 19.2 Å². The van der Waals surface area contributed by atoms with Gasteiger partial charge in [-0.2, -0.15) is 0 Å². The van der Waals surface area contributed by atoms with Crippen molar-refractivity contribution >= 4 is 40.7 Å². The smallest absolute Gasteiger partial charge is 0.340 e. The molecule has 0 spiro atoms. The highest BCUT2D eigenvalue weighted by atomic mass is 32.1. The quantitative estimate of drug-likeness (QED) is 0.468. The summed E-state index contributed by atoms with van der Waals surface area (Å²) in [7, 11) is 1.59. The number of carbonyl (C=O) groups excluding carboxylic acids is 4. The van der Waals surface area contributed by atoms with Gasteiger partial charge in [-0.15, -0.1) is 11.3 Å². The van der Waals surface area contributed by atoms with E-state index in [1.807, 2.05) is 24.3 Å². The van der Waals surface area contributed by atoms with E-state index in [0.717, 1.165) is 11.3 Å². The summed E-state index contributed by atoms with van der Waals surface area (Å²) in [5.41, 5.74) is 1.35. The second-order valence-corrected chi connectivity index (χ2v) is 7.82. The Morgan fingerprint density at radius 1 is 0.909 bits per heavy atom. The lowest BCUT2D eigenvalue weighted by molar-refractivity contribution is -0.123. The van der Waals surface area contributed by atoms with Crippen LogP contribution in [0.25, 0.3) is 0 Å². The zero-order chi connectivity index (χ0) is 23.6. The number of amides is 3. The predicted octanol–water partition coefficient (Wildman–Crippen LogP) is 3.44. The SMILES string of the molecule is COc1ccc(CCC(=O)Nc2ccccc2C(=O)OCC(=O)NC(=O)c2cccs2)cc1. The monoisotopic (exact) mass is 466 g/mol. The maximum atomic E-state index is 12.5. The van der Waals surface area contributed by atoms with Crippen molar-refractivity contribution in [1.82, 2.24) is 5.32 Å². The topological polar surface area (TPSA) is 111 Å². The first kappa shape index (κ1) is 23.7. The highest BCUT2D eigenvalue weighted by Crippen LogP contribution is 2.18. The summed E-state index contributed by atoms with van der Waals surface area (Å²) in [5.74, 6) is -1.64. The number of methoxy groups -OCH3 is 1. The summed E-state index contributed by atoms with van der Waals surface area (Å²) in [6.45, 7) is -0.629. The number of esters is 1. The fraction of sp³-hybridized carbons (Fsp3) is 0.167. The molecule has 0 aliphatic rings. The van der Waals surface area contributed by atoms with Crippen molar-refractivity contribution in [3.63, 3.8) is 0 Å². The highest BCUT2D eigenvalue weighted by Gasteiger charge is 2.17. The van der Waals surface area contributed by atoms with Crippen molar-refractivity contribution in [2.75, 3.05) is 19.0 Å². The van der Waals surface area contributed by atoms with Gasteiger partial charge in [0.15, 0.2) is 6.61 Å². The molecule has 0 saturated carbocycles. The Kier molecular flexibility index (Phi) is 8.31. The molecule has 3 amide bonds. The van der Waals surface area contributed by atoms with Crippen LogP contribution in [0.1, 0.15) is 32.0 Å². The average Bonchev–Trinajstić information content (AvgIpc) is 3.37. The third-order valence-corrected chi connectivity index (χ3v) is 5.42. The van der Waals surface area contributed by atoms with Crippen LogP contribution < -0.4 is 15.4 Å². The Bertz CT molecular complexity index is 1130. The van der Waals surface area contributed by atoms with Gasteiger partial charge in [0.25, 0.3) is 11.8 Å². The Hall–Kier alpha value is -3.98. The van der Waals surface area contributed by atoms with Gasteiger partial charge in [-0.3, -0.25) is 19.7 Å². The van der Waals surface area contributed by atoms with E-state index < -0.39 is 24.4 Å². The van der Waals surface area contributed by atoms with Crippen LogP contribution >= 0.6 is 11.3 Å². The van der Waals surface area contributed by atoms with E-state index in [2.05, 4.69) is 10.6 Å². The average molecular weight is 467 g/mol. The van der Waals surface area contributed by atoms with Crippen LogP contribution in [0.4, 0.5) is 5.69 Å². The molecule has 3 aromatic rings. The summed E-state index contributed by atoms with van der Waals surface area (Å²) >= 11 is 1.19. The number of hydrogen-bond donors (Lipinski definition) is 2. The van der Waals surface area contributed by atoms with Crippen LogP contribution in [-0.4, -0.2) is 37.4 Å². The number of aryl methyl sites for hydroxylation is 1. The van der Waals surface area contributed by atoms with Crippen LogP contribution in [0.15, 0.2) is 66.0 Å². The number of nitrogens with one attached hydrogen (secondary N) is 2. The molecular formula is C24H22N2O6S. The fourth-order valence-electron chi connectivity index (χ4n) is 2.87. The molecule has 0 radical (unpaired) electrons. The summed E-state index contributed by atoms with van der Waals surface area (Å²) in [4.78, 5) is 49.0. The van der Waals surface area contributed by atoms with Gasteiger partial charge in [0.05, 0.1) is 23.2 Å². The largest absolute Gasteiger partial charge is 0.497 e. The molecule has 1 heterocycles. The zero-order valence-corrected chi connectivity index (χ0v) is 18.6. The van der Waals surface area contributed by atoms with E-state index in [0.29, 0.717) is 11.3 Å². The van der Waals surface area contributed by atoms with Crippen molar-refractivity contribution in [2.45, 2.75) is 12.8 Å². The molecule has 0 aliphatic heterocycles. The Labute approximate surface area is 194 Å². The molecule has 8 nitrogen and oxygen atoms in total. The molecule has 170 valence electrons. The lowest BCUT2D eigenvalue weighted by atomic mass is 10.1. The molecule has 1 aromatic heterocycles. The number of rotatable bonds is 9. The van der Waals surface area contributed by atoms with E-state index in [4.69, 9.17) is 9.47 Å². The van der Waals surface area contributed by atoms with Crippen molar-refractivity contribution in [2.24, 2.45) is 0 Å². The first-order valence-corrected chi connectivity index (χ1v) is 10.9. The van der Waals surface area contributed by atoms with E-state index in [-0.39, 0.29) is 23.6 Å². The Morgan fingerprint density at radius 3 is 2.36 bits per heavy atom. The van der Waals surface area contributed by atoms with Gasteiger partial charge in [0.2, 0.25) is 5.91 Å². The summed E-state index contributed by atoms with van der Waals surface area (Å²) in [6.07, 6.45) is 0.726. The van der Waals surface area contributed by atoms with Gasteiger partial charge >= 0.3 is 5.97 Å². The normalized spacial score (nSPS) is 10.2. The van der Waals surface area contributed by atoms with Crippen LogP contribution in [0.2, 0.25) is 0 Å². The number of ether oxygens (including phenoxy) is 2. The van der Waals surface area contributed by atoms with Crippen molar-refractivity contribution in [3.8, 4) is 5.75 Å². The Morgan fingerprint density at radius 2 is 1.67 bits per heavy atom. The van der Waals surface area contributed by atoms with E-state index in [1.165, 1.54) is 17.4 Å². The molecule has 2 N–H and O–H groups in total. The first-order valence-electron chi connectivity index (χ1n) is 10.0. The number of hydrogen-bond acceptors (Lipinski definition) is 7. The highest BCUT2D eigenvalue weighted by molar-refractivity contribution is 7.12. The lowest BCUT2D eigenvalue weighted by Gasteiger charge is -2.11. The van der Waals surface area contributed by atoms with Crippen LogP contribution in [-0.2, 0) is 20.7 Å². The van der Waals surface area contributed by atoms with Crippen molar-refractivity contribution < 1.29 is 28.7 Å². The minimum absolute atomic E-state index is 0.104. The molecule has 0 atom stereocenters. The van der Waals surface area contributed by atoms with Gasteiger partial charge in [-0.1, -0.05) is 30.3 Å². The first-order chi connectivity index (χ1) is 16.0. The van der Waals surface area contributed by atoms with Gasteiger partial charge < -0.3 is 14.8 Å². The van der Waals surface area contributed by atoms with E-state index in [1.54, 1.807) is 42.8 Å². The second kappa shape index (κ2) is 11.6. The molecule has 0 fully saturated rings. The number of imide groups is 1. The zero-order valence-electron chi connectivity index (χ0n) is 17.8. The Balaban J connectivity index is 1.51. The maximum absolute atomic E-state index is 12.5. The van der Waals surface area contributed by atoms with E-state index >= 15 is 0 Å². The predicted molar refractivity (Wildman–Crippen MR) is 123 cm³/mol. The minimum atomic E-state index is -0.792. The van der Waals surface area contributed by atoms with Gasteiger partial charge in [0, 0.05) is 6.42 Å². The van der Waals surface area contributed by atoms with Crippen LogP contribution in [0.5, 0.6) is 5.75 Å². The number of para-hydroxylation sites is 1. The summed E-state index contributed by atoms with van der Waals surface area (Å²) in [6, 6.07) is 17.0. The van der Waals surface area contributed by atoms with Gasteiger partial charge in [-0.25, -0.2) is 4.79 Å². The van der Waals surface area contributed by atoms with Crippen molar-refractivity contribution in [3.05, 3.63) is 82.0 Å². The molecule has 0 aliphatic carbocycles. The number of thiophene rings is 1. The lowest BCUT2D eigenvalue weighted by Crippen LogP contribution is -2.33. The number of anilines is 1. The minimum Gasteiger partial charge on any atom is -0.497 e. The second-order valence-electron chi connectivity index (χ2n) is 6.87. The molecule has 2 aromatic carbocycles. The van der Waals surface area contributed by atoms with Crippen LogP contribution in [0, 0.1) is 0 Å². The molecule has 0 bridgehead atoms. The summed E-state index contributed by atoms with van der Waals surface area (Å²) < 4.78 is 10.1. The maximum Gasteiger partial charge on any atom is 0.340 e. The summed E-state index contributed by atoms with van der Waals surface area (Å²) in [5, 5.41) is 6.57. The third-order valence-electron chi connectivity index (χ3n) is 4.55. The molecule has 3 rings (SSSR count). The fourth-order valence-corrected chi connectivity index (χ4v) is 3.49. The van der Waals surface area contributed by atoms with Gasteiger partial charge in [-0.05, 0) is 47.7 Å². The molecule has 0 saturated heterocycles. The van der Waals surface area contributed by atoms with Gasteiger partial charge in [0.1, 0.15) is 5.75 Å². The standard InChI is InChI=1S/C24H22N2O6S/c1-31-17-11-8-16(9-12-17)10-13-21(27)25-19-6-3-2-5-18(19)24(30)32-15-22(28)26-23(29)20-7-4-14-33-20/h2-9,11-12,14H,10,13,15H2,1H3,(H,25,27)(H,26,28,29). The molecule has 9 heteroatoms. The molecule has 33 heavy (non-hydrogen) atoms. The molecular weight excluding hydrogens is 444 g/mol. The molecule has 0 unspecified atom stereocenters.